The molecule has 0 aliphatic rings. The summed E-state index contributed by atoms with van der Waals surface area (Å²) >= 11 is 3.27. The van der Waals surface area contributed by atoms with Gasteiger partial charge in [-0.05, 0) is 40.9 Å². The predicted octanol–water partition coefficient (Wildman–Crippen LogP) is 2.65. The molecule has 0 bridgehead atoms. The Balaban J connectivity index is 2.58. The van der Waals surface area contributed by atoms with Gasteiger partial charge in [0.05, 0.1) is 11.1 Å². The van der Waals surface area contributed by atoms with Crippen molar-refractivity contribution in [2.45, 2.75) is 19.8 Å². The molecular weight excluding hydrogens is 260 g/mol. The maximum Gasteiger partial charge on any atom is 0.306 e. The van der Waals surface area contributed by atoms with Crippen LogP contribution in [0.5, 0.6) is 5.75 Å². The minimum Gasteiger partial charge on any atom is -0.507 e. The van der Waals surface area contributed by atoms with E-state index in [2.05, 4.69) is 15.9 Å². The van der Waals surface area contributed by atoms with Crippen molar-refractivity contribution in [3.8, 4) is 5.75 Å². The minimum absolute atomic E-state index is 0.191. The first kappa shape index (κ1) is 12.0. The van der Waals surface area contributed by atoms with Crippen molar-refractivity contribution in [1.82, 2.24) is 0 Å². The minimum atomic E-state index is -0.215. The number of phenolic OH excluding ortho intramolecular Hbond substituents is 1. The lowest BCUT2D eigenvalue weighted by Crippen LogP contribution is -2.05. The lowest BCUT2D eigenvalue weighted by atomic mass is 10.1. The molecular formula is C11H13BrO3. The third-order valence-corrected chi connectivity index (χ3v) is 2.88. The van der Waals surface area contributed by atoms with Crippen molar-refractivity contribution in [1.29, 1.82) is 0 Å². The molecule has 1 aromatic rings. The fourth-order valence-corrected chi connectivity index (χ4v) is 1.69. The Morgan fingerprint density at radius 2 is 2.27 bits per heavy atom. The van der Waals surface area contributed by atoms with Crippen LogP contribution in [0.3, 0.4) is 0 Å². The molecule has 0 heterocycles. The Bertz CT molecular complexity index is 350. The number of aryl methyl sites for hydroxylation is 1. The van der Waals surface area contributed by atoms with E-state index in [0.717, 1.165) is 5.56 Å². The lowest BCUT2D eigenvalue weighted by Gasteiger charge is -2.05. The van der Waals surface area contributed by atoms with E-state index in [0.29, 0.717) is 23.9 Å². The van der Waals surface area contributed by atoms with Crippen LogP contribution in [0.25, 0.3) is 0 Å². The van der Waals surface area contributed by atoms with Crippen LogP contribution < -0.4 is 0 Å². The number of carbonyl (C=O) groups excluding carboxylic acids is 1. The normalized spacial score (nSPS) is 10.0. The molecule has 4 heteroatoms. The zero-order chi connectivity index (χ0) is 11.3. The predicted molar refractivity (Wildman–Crippen MR) is 60.8 cm³/mol. The number of hydrogen-bond donors (Lipinski definition) is 1. The molecule has 1 rings (SSSR count). The van der Waals surface area contributed by atoms with Crippen LogP contribution in [0.1, 0.15) is 18.9 Å². The van der Waals surface area contributed by atoms with Gasteiger partial charge in [0.2, 0.25) is 0 Å². The molecule has 0 atom stereocenters. The summed E-state index contributed by atoms with van der Waals surface area (Å²) in [6.07, 6.45) is 0.893. The first-order valence-electron chi connectivity index (χ1n) is 4.77. The van der Waals surface area contributed by atoms with E-state index in [1.54, 1.807) is 19.1 Å². The number of hydrogen-bond acceptors (Lipinski definition) is 3. The number of ether oxygens (including phenoxy) is 1. The molecule has 3 nitrogen and oxygen atoms in total. The maximum absolute atomic E-state index is 11.1. The summed E-state index contributed by atoms with van der Waals surface area (Å²) in [5.74, 6) is -0.0240. The van der Waals surface area contributed by atoms with Gasteiger partial charge in [0.1, 0.15) is 5.75 Å². The summed E-state index contributed by atoms with van der Waals surface area (Å²) < 4.78 is 5.46. The summed E-state index contributed by atoms with van der Waals surface area (Å²) in [4.78, 5) is 11.1. The zero-order valence-corrected chi connectivity index (χ0v) is 10.1. The Kier molecular flexibility index (Phi) is 4.62. The average Bonchev–Trinajstić information content (AvgIpc) is 2.21. The fraction of sp³-hybridized carbons (Fsp3) is 0.364. The van der Waals surface area contributed by atoms with Gasteiger partial charge in [-0.25, -0.2) is 0 Å². The summed E-state index contributed by atoms with van der Waals surface area (Å²) in [5, 5.41) is 9.41. The lowest BCUT2D eigenvalue weighted by molar-refractivity contribution is -0.143. The number of rotatable bonds is 4. The van der Waals surface area contributed by atoms with Gasteiger partial charge >= 0.3 is 5.97 Å². The molecule has 1 N–H and O–H groups in total. The zero-order valence-electron chi connectivity index (χ0n) is 8.50. The average molecular weight is 273 g/mol. The first-order valence-corrected chi connectivity index (χ1v) is 5.56. The highest BCUT2D eigenvalue weighted by Gasteiger charge is 2.07. The maximum atomic E-state index is 11.1. The number of aromatic hydroxyl groups is 1. The highest BCUT2D eigenvalue weighted by molar-refractivity contribution is 9.10. The van der Waals surface area contributed by atoms with Gasteiger partial charge in [0.15, 0.2) is 0 Å². The molecule has 0 aromatic heterocycles. The van der Waals surface area contributed by atoms with Crippen LogP contribution >= 0.6 is 15.9 Å². The molecule has 0 spiro atoms. The molecule has 0 aliphatic heterocycles. The molecule has 0 saturated carbocycles. The highest BCUT2D eigenvalue weighted by atomic mass is 79.9. The quantitative estimate of drug-likeness (QED) is 0.858. The molecule has 0 radical (unpaired) electrons. The third kappa shape index (κ3) is 3.55. The van der Waals surface area contributed by atoms with Crippen molar-refractivity contribution in [2.75, 3.05) is 6.61 Å². The molecule has 1 aromatic carbocycles. The number of carbonyl (C=O) groups is 1. The van der Waals surface area contributed by atoms with Gasteiger partial charge in [-0.15, -0.1) is 0 Å². The highest BCUT2D eigenvalue weighted by Crippen LogP contribution is 2.27. The van der Waals surface area contributed by atoms with Crippen LogP contribution in [-0.4, -0.2) is 17.7 Å². The van der Waals surface area contributed by atoms with E-state index in [4.69, 9.17) is 4.74 Å². The van der Waals surface area contributed by atoms with Gasteiger partial charge in [-0.1, -0.05) is 12.1 Å². The van der Waals surface area contributed by atoms with Gasteiger partial charge in [-0.2, -0.15) is 0 Å². The Hall–Kier alpha value is -1.03. The van der Waals surface area contributed by atoms with Gasteiger partial charge in [0.25, 0.3) is 0 Å². The van der Waals surface area contributed by atoms with E-state index in [1.807, 2.05) is 6.07 Å². The van der Waals surface area contributed by atoms with Crippen LogP contribution in [-0.2, 0) is 16.0 Å². The second-order valence-electron chi connectivity index (χ2n) is 3.06. The molecule has 0 aliphatic carbocycles. The molecule has 0 unspecified atom stereocenters. The van der Waals surface area contributed by atoms with E-state index in [-0.39, 0.29) is 11.7 Å². The van der Waals surface area contributed by atoms with Crippen molar-refractivity contribution in [2.24, 2.45) is 0 Å². The van der Waals surface area contributed by atoms with Gasteiger partial charge in [0, 0.05) is 6.42 Å². The van der Waals surface area contributed by atoms with Crippen molar-refractivity contribution in [3.63, 3.8) is 0 Å². The molecule has 0 amide bonds. The van der Waals surface area contributed by atoms with Crippen LogP contribution in [0, 0.1) is 0 Å². The molecule has 0 fully saturated rings. The molecule has 15 heavy (non-hydrogen) atoms. The van der Waals surface area contributed by atoms with Crippen LogP contribution in [0.4, 0.5) is 0 Å². The number of benzene rings is 1. The standard InChI is InChI=1S/C11H13BrO3/c1-2-15-10(14)7-6-8-4-3-5-9(13)11(8)12/h3-5,13H,2,6-7H2,1H3. The topological polar surface area (TPSA) is 46.5 Å². The van der Waals surface area contributed by atoms with E-state index >= 15 is 0 Å². The number of esters is 1. The van der Waals surface area contributed by atoms with Crippen LogP contribution in [0.2, 0.25) is 0 Å². The summed E-state index contributed by atoms with van der Waals surface area (Å²) in [5.41, 5.74) is 0.906. The van der Waals surface area contributed by atoms with E-state index in [1.165, 1.54) is 0 Å². The van der Waals surface area contributed by atoms with Crippen molar-refractivity contribution < 1.29 is 14.6 Å². The first-order chi connectivity index (χ1) is 7.15. The SMILES string of the molecule is CCOC(=O)CCc1cccc(O)c1Br. The fourth-order valence-electron chi connectivity index (χ4n) is 1.23. The Morgan fingerprint density at radius 1 is 1.53 bits per heavy atom. The third-order valence-electron chi connectivity index (χ3n) is 1.96. The summed E-state index contributed by atoms with van der Waals surface area (Å²) in [6, 6.07) is 5.21. The summed E-state index contributed by atoms with van der Waals surface area (Å²) in [7, 11) is 0. The van der Waals surface area contributed by atoms with Crippen LogP contribution in [0.15, 0.2) is 22.7 Å². The van der Waals surface area contributed by atoms with E-state index < -0.39 is 0 Å². The Labute approximate surface area is 97.2 Å². The Morgan fingerprint density at radius 3 is 2.93 bits per heavy atom. The number of halogens is 1. The van der Waals surface area contributed by atoms with Crippen molar-refractivity contribution >= 4 is 21.9 Å². The van der Waals surface area contributed by atoms with Gasteiger partial charge < -0.3 is 9.84 Å². The smallest absolute Gasteiger partial charge is 0.306 e. The molecule has 0 saturated heterocycles. The number of phenols is 1. The summed E-state index contributed by atoms with van der Waals surface area (Å²) in [6.45, 7) is 2.18. The van der Waals surface area contributed by atoms with Crippen molar-refractivity contribution in [3.05, 3.63) is 28.2 Å². The van der Waals surface area contributed by atoms with E-state index in [9.17, 15) is 9.90 Å². The molecule has 82 valence electrons. The largest absolute Gasteiger partial charge is 0.507 e. The second kappa shape index (κ2) is 5.75. The van der Waals surface area contributed by atoms with Gasteiger partial charge in [-0.3, -0.25) is 4.79 Å². The second-order valence-corrected chi connectivity index (χ2v) is 3.85. The monoisotopic (exact) mass is 272 g/mol.